The van der Waals surface area contributed by atoms with E-state index in [2.05, 4.69) is 10.3 Å². The molecule has 0 unspecified atom stereocenters. The zero-order valence-corrected chi connectivity index (χ0v) is 19.9. The molecule has 1 aromatic carbocycles. The van der Waals surface area contributed by atoms with Crippen molar-refractivity contribution in [3.05, 3.63) is 80.6 Å². The Balaban J connectivity index is 1.76. The third-order valence-corrected chi connectivity index (χ3v) is 6.71. The zero-order chi connectivity index (χ0) is 23.5. The molecule has 1 amide bonds. The fourth-order valence-corrected chi connectivity index (χ4v) is 4.90. The molecule has 2 N–H and O–H groups in total. The lowest BCUT2D eigenvalue weighted by atomic mass is 10.1. The van der Waals surface area contributed by atoms with Crippen molar-refractivity contribution in [3.8, 4) is 0 Å². The number of thiocarbonyl (C=S) groups is 1. The lowest BCUT2D eigenvalue weighted by Crippen LogP contribution is -2.28. The first-order valence-corrected chi connectivity index (χ1v) is 11.9. The number of carbonyl (C=O) groups excluding carboxylic acids is 1. The van der Waals surface area contributed by atoms with Gasteiger partial charge in [-0.2, -0.15) is 0 Å². The molecule has 1 atom stereocenters. The summed E-state index contributed by atoms with van der Waals surface area (Å²) in [6.07, 6.45) is 3.19. The Labute approximate surface area is 201 Å². The topological polar surface area (TPSA) is 86.9 Å². The normalized spacial score (nSPS) is 16.1. The van der Waals surface area contributed by atoms with Crippen molar-refractivity contribution in [2.45, 2.75) is 26.4 Å². The maximum absolute atomic E-state index is 13.4. The Kier molecular flexibility index (Phi) is 6.92. The van der Waals surface area contributed by atoms with Gasteiger partial charge in [-0.3, -0.25) is 18.9 Å². The Morgan fingerprint density at radius 3 is 2.70 bits per heavy atom. The molecule has 3 aromatic rings. The van der Waals surface area contributed by atoms with E-state index >= 15 is 0 Å². The highest BCUT2D eigenvalue weighted by Crippen LogP contribution is 2.33. The highest BCUT2D eigenvalue weighted by atomic mass is 32.2. The number of hydrogen-bond acceptors (Lipinski definition) is 7. The molecule has 2 aromatic heterocycles. The van der Waals surface area contributed by atoms with Gasteiger partial charge in [-0.15, -0.1) is 0 Å². The Bertz CT molecular complexity index is 1300. The van der Waals surface area contributed by atoms with E-state index in [0.29, 0.717) is 27.2 Å². The number of aliphatic hydroxyl groups is 1. The minimum atomic E-state index is -0.793. The summed E-state index contributed by atoms with van der Waals surface area (Å²) in [5.41, 5.74) is 2.04. The monoisotopic (exact) mass is 480 g/mol. The van der Waals surface area contributed by atoms with E-state index in [9.17, 15) is 14.7 Å². The lowest BCUT2D eigenvalue weighted by molar-refractivity contribution is -0.122. The Hall–Kier alpha value is -3.01. The third-order valence-electron chi connectivity index (χ3n) is 5.33. The van der Waals surface area contributed by atoms with E-state index < -0.39 is 6.10 Å². The van der Waals surface area contributed by atoms with Crippen LogP contribution in [0.5, 0.6) is 0 Å². The van der Waals surface area contributed by atoms with Crippen molar-refractivity contribution in [1.82, 2.24) is 14.3 Å². The fourth-order valence-electron chi connectivity index (χ4n) is 3.61. The number of nitrogens with zero attached hydrogens (tertiary/aromatic N) is 3. The largest absolute Gasteiger partial charge is 0.387 e. The maximum atomic E-state index is 13.4. The van der Waals surface area contributed by atoms with E-state index in [-0.39, 0.29) is 23.6 Å². The van der Waals surface area contributed by atoms with Gasteiger partial charge in [0.15, 0.2) is 0 Å². The van der Waals surface area contributed by atoms with Crippen LogP contribution < -0.4 is 10.9 Å². The predicted octanol–water partition coefficient (Wildman–Crippen LogP) is 3.76. The number of rotatable bonds is 7. The number of aryl methyl sites for hydroxylation is 1. The first-order valence-electron chi connectivity index (χ1n) is 10.6. The van der Waals surface area contributed by atoms with Gasteiger partial charge in [0.25, 0.3) is 11.5 Å². The maximum Gasteiger partial charge on any atom is 0.267 e. The molecule has 0 bridgehead atoms. The molecule has 170 valence electrons. The summed E-state index contributed by atoms with van der Waals surface area (Å²) < 4.78 is 1.94. The van der Waals surface area contributed by atoms with E-state index in [0.717, 1.165) is 17.5 Å². The van der Waals surface area contributed by atoms with Crippen LogP contribution in [0.15, 0.2) is 58.4 Å². The molecule has 0 aliphatic carbocycles. The van der Waals surface area contributed by atoms with Crippen LogP contribution >= 0.6 is 24.0 Å². The third kappa shape index (κ3) is 4.71. The molecule has 1 fully saturated rings. The number of nitrogens with one attached hydrogen (secondary N) is 1. The average molecular weight is 481 g/mol. The molecule has 4 rings (SSSR count). The van der Waals surface area contributed by atoms with Crippen LogP contribution in [0.4, 0.5) is 5.82 Å². The minimum absolute atomic E-state index is 0.149. The van der Waals surface area contributed by atoms with Gasteiger partial charge in [-0.25, -0.2) is 4.98 Å². The molecule has 1 saturated heterocycles. The summed E-state index contributed by atoms with van der Waals surface area (Å²) in [6.45, 7) is 4.53. The van der Waals surface area contributed by atoms with Gasteiger partial charge in [0.2, 0.25) is 0 Å². The van der Waals surface area contributed by atoms with E-state index in [1.54, 1.807) is 23.2 Å². The number of hydrogen-bond donors (Lipinski definition) is 2. The zero-order valence-electron chi connectivity index (χ0n) is 18.3. The number of thioether (sulfide) groups is 1. The van der Waals surface area contributed by atoms with Crippen LogP contribution in [-0.2, 0) is 4.79 Å². The smallest absolute Gasteiger partial charge is 0.267 e. The van der Waals surface area contributed by atoms with E-state index in [4.69, 9.17) is 12.2 Å². The molecule has 3 heterocycles. The van der Waals surface area contributed by atoms with Gasteiger partial charge in [0, 0.05) is 19.3 Å². The number of anilines is 1. The van der Waals surface area contributed by atoms with Gasteiger partial charge in [0.05, 0.1) is 16.6 Å². The van der Waals surface area contributed by atoms with Crippen molar-refractivity contribution in [1.29, 1.82) is 0 Å². The number of aliphatic hydroxyl groups excluding tert-OH is 1. The minimum Gasteiger partial charge on any atom is -0.387 e. The summed E-state index contributed by atoms with van der Waals surface area (Å²) >= 11 is 6.53. The van der Waals surface area contributed by atoms with Crippen LogP contribution in [0.25, 0.3) is 11.7 Å². The van der Waals surface area contributed by atoms with E-state index in [1.807, 2.05) is 50.2 Å². The number of carbonyl (C=O) groups is 1. The highest BCUT2D eigenvalue weighted by Gasteiger charge is 2.32. The molecule has 0 spiro atoms. The van der Waals surface area contributed by atoms with Crippen LogP contribution in [0.3, 0.4) is 0 Å². The van der Waals surface area contributed by atoms with Crippen LogP contribution in [-0.4, -0.2) is 42.7 Å². The number of fused-ring (bicyclic) bond motifs is 1. The predicted molar refractivity (Wildman–Crippen MR) is 136 cm³/mol. The molecule has 33 heavy (non-hydrogen) atoms. The molecule has 0 saturated carbocycles. The molecular weight excluding hydrogens is 456 g/mol. The van der Waals surface area contributed by atoms with E-state index in [1.165, 1.54) is 16.2 Å². The van der Waals surface area contributed by atoms with Crippen molar-refractivity contribution in [3.63, 3.8) is 0 Å². The lowest BCUT2D eigenvalue weighted by Gasteiger charge is -2.15. The second kappa shape index (κ2) is 9.86. The van der Waals surface area contributed by atoms with Gasteiger partial charge >= 0.3 is 0 Å². The first kappa shape index (κ1) is 23.2. The van der Waals surface area contributed by atoms with Crippen LogP contribution in [0.2, 0.25) is 0 Å². The van der Waals surface area contributed by atoms with Crippen molar-refractivity contribution in [2.24, 2.45) is 0 Å². The summed E-state index contributed by atoms with van der Waals surface area (Å²) in [7, 11) is 0. The Morgan fingerprint density at radius 2 is 1.97 bits per heavy atom. The average Bonchev–Trinajstić information content (AvgIpc) is 3.08. The summed E-state index contributed by atoms with van der Waals surface area (Å²) in [5.74, 6) is 0.0981. The molecule has 1 aliphatic heterocycles. The molecular formula is C24H24N4O3S2. The highest BCUT2D eigenvalue weighted by molar-refractivity contribution is 8.26. The standard InChI is InChI=1S/C24H24N4O3S2/c1-3-11-28-23(31)19(33-24(28)32)13-17-20(25-14-18(29)16-9-5-4-6-10-16)26-21-15(2)8-7-12-27(21)22(17)30/h4-10,12-13,18,25,29H,3,11,14H2,1-2H3/b19-13-/t18-/m0/s1. The number of pyridine rings is 1. The molecule has 1 aliphatic rings. The fraction of sp³-hybridized carbons (Fsp3) is 0.250. The van der Waals surface area contributed by atoms with Gasteiger partial charge < -0.3 is 10.4 Å². The number of amides is 1. The van der Waals surface area contributed by atoms with Crippen LogP contribution in [0, 0.1) is 6.92 Å². The molecule has 7 nitrogen and oxygen atoms in total. The quantitative estimate of drug-likeness (QED) is 0.393. The molecule has 0 radical (unpaired) electrons. The second-order valence-electron chi connectivity index (χ2n) is 7.70. The number of aromatic nitrogens is 2. The van der Waals surface area contributed by atoms with Gasteiger partial charge in [-0.05, 0) is 36.6 Å². The second-order valence-corrected chi connectivity index (χ2v) is 9.38. The number of benzene rings is 1. The van der Waals surface area contributed by atoms with Crippen molar-refractivity contribution in [2.75, 3.05) is 18.4 Å². The van der Waals surface area contributed by atoms with Crippen molar-refractivity contribution >= 4 is 51.7 Å². The Morgan fingerprint density at radius 1 is 1.21 bits per heavy atom. The first-order chi connectivity index (χ1) is 15.9. The summed E-state index contributed by atoms with van der Waals surface area (Å²) in [4.78, 5) is 32.9. The van der Waals surface area contributed by atoms with Crippen molar-refractivity contribution < 1.29 is 9.90 Å². The summed E-state index contributed by atoms with van der Waals surface area (Å²) in [5, 5.41) is 13.7. The summed E-state index contributed by atoms with van der Waals surface area (Å²) in [6, 6.07) is 12.9. The SMILES string of the molecule is CCCN1C(=O)/C(=C/c2c(NC[C@H](O)c3ccccc3)nc3c(C)cccn3c2=O)SC1=S. The van der Waals surface area contributed by atoms with Gasteiger partial charge in [-0.1, -0.05) is 67.3 Å². The van der Waals surface area contributed by atoms with Crippen LogP contribution in [0.1, 0.15) is 36.1 Å². The molecule has 9 heteroatoms. The van der Waals surface area contributed by atoms with Gasteiger partial charge in [0.1, 0.15) is 15.8 Å².